The van der Waals surface area contributed by atoms with Crippen molar-refractivity contribution in [2.75, 3.05) is 5.32 Å². The molecule has 0 amide bonds. The van der Waals surface area contributed by atoms with Gasteiger partial charge in [-0.05, 0) is 47.5 Å². The SMILES string of the molecule is CCc1cnc(C(C)Nc2ccc(C(F)(F)F)cc2Br)s1. The molecule has 0 aliphatic rings. The van der Waals surface area contributed by atoms with E-state index in [1.807, 2.05) is 13.1 Å². The third-order valence-corrected chi connectivity index (χ3v) is 4.94. The van der Waals surface area contributed by atoms with Crippen molar-refractivity contribution in [3.05, 3.63) is 44.3 Å². The minimum Gasteiger partial charge on any atom is -0.375 e. The van der Waals surface area contributed by atoms with Crippen LogP contribution >= 0.6 is 27.3 Å². The highest BCUT2D eigenvalue weighted by molar-refractivity contribution is 9.10. The van der Waals surface area contributed by atoms with E-state index in [4.69, 9.17) is 0 Å². The Morgan fingerprint density at radius 1 is 1.38 bits per heavy atom. The molecule has 1 aromatic carbocycles. The van der Waals surface area contributed by atoms with Gasteiger partial charge >= 0.3 is 6.18 Å². The van der Waals surface area contributed by atoms with E-state index in [1.54, 1.807) is 11.3 Å². The summed E-state index contributed by atoms with van der Waals surface area (Å²) in [7, 11) is 0. The van der Waals surface area contributed by atoms with Crippen molar-refractivity contribution in [1.82, 2.24) is 4.98 Å². The molecular weight excluding hydrogens is 365 g/mol. The molecule has 0 saturated heterocycles. The van der Waals surface area contributed by atoms with Crippen molar-refractivity contribution < 1.29 is 13.2 Å². The maximum absolute atomic E-state index is 12.6. The first kappa shape index (κ1) is 16.3. The monoisotopic (exact) mass is 378 g/mol. The van der Waals surface area contributed by atoms with E-state index in [9.17, 15) is 13.2 Å². The number of aryl methyl sites for hydroxylation is 1. The second-order valence-corrected chi connectivity index (χ2v) is 6.58. The second-order valence-electron chi connectivity index (χ2n) is 4.58. The maximum atomic E-state index is 12.6. The van der Waals surface area contributed by atoms with E-state index >= 15 is 0 Å². The summed E-state index contributed by atoms with van der Waals surface area (Å²) in [6.07, 6.45) is -1.58. The molecule has 1 unspecified atom stereocenters. The smallest absolute Gasteiger partial charge is 0.375 e. The fourth-order valence-corrected chi connectivity index (χ4v) is 3.14. The van der Waals surface area contributed by atoms with Gasteiger partial charge in [-0.3, -0.25) is 0 Å². The number of aromatic nitrogens is 1. The molecule has 1 atom stereocenters. The molecule has 2 aromatic rings. The van der Waals surface area contributed by atoms with Gasteiger partial charge in [0.15, 0.2) is 0 Å². The van der Waals surface area contributed by atoms with Gasteiger partial charge in [-0.15, -0.1) is 11.3 Å². The van der Waals surface area contributed by atoms with Crippen LogP contribution < -0.4 is 5.32 Å². The Hall–Kier alpha value is -1.08. The molecule has 1 aromatic heterocycles. The van der Waals surface area contributed by atoms with Crippen LogP contribution in [0.2, 0.25) is 0 Å². The zero-order valence-electron chi connectivity index (χ0n) is 11.5. The van der Waals surface area contributed by atoms with Crippen LogP contribution in [0.5, 0.6) is 0 Å². The molecule has 114 valence electrons. The summed E-state index contributed by atoms with van der Waals surface area (Å²) in [6.45, 7) is 3.99. The summed E-state index contributed by atoms with van der Waals surface area (Å²) >= 11 is 4.78. The first-order valence-corrected chi connectivity index (χ1v) is 8.00. The lowest BCUT2D eigenvalue weighted by Crippen LogP contribution is -2.08. The van der Waals surface area contributed by atoms with Gasteiger partial charge in [0.25, 0.3) is 0 Å². The summed E-state index contributed by atoms with van der Waals surface area (Å²) in [5.74, 6) is 0. The first-order chi connectivity index (χ1) is 9.81. The molecule has 7 heteroatoms. The Kier molecular flexibility index (Phi) is 4.93. The van der Waals surface area contributed by atoms with Crippen LogP contribution in [0.25, 0.3) is 0 Å². The van der Waals surface area contributed by atoms with E-state index in [0.29, 0.717) is 10.2 Å². The maximum Gasteiger partial charge on any atom is 0.416 e. The van der Waals surface area contributed by atoms with Crippen molar-refractivity contribution in [2.45, 2.75) is 32.5 Å². The molecule has 0 fully saturated rings. The predicted octanol–water partition coefficient (Wildman–Crippen LogP) is 5.66. The summed E-state index contributed by atoms with van der Waals surface area (Å²) in [6, 6.07) is 3.51. The van der Waals surface area contributed by atoms with Gasteiger partial charge in [-0.25, -0.2) is 4.98 Å². The number of rotatable bonds is 4. The molecule has 21 heavy (non-hydrogen) atoms. The molecular formula is C14H14BrF3N2S. The molecule has 0 radical (unpaired) electrons. The lowest BCUT2D eigenvalue weighted by Gasteiger charge is -2.15. The highest BCUT2D eigenvalue weighted by Crippen LogP contribution is 2.35. The van der Waals surface area contributed by atoms with Crippen LogP contribution in [-0.4, -0.2) is 4.98 Å². The van der Waals surface area contributed by atoms with Crippen LogP contribution in [0.1, 0.15) is 35.3 Å². The van der Waals surface area contributed by atoms with E-state index < -0.39 is 11.7 Å². The molecule has 2 rings (SSSR count). The molecule has 2 nitrogen and oxygen atoms in total. The number of thiazole rings is 1. The molecule has 0 saturated carbocycles. The lowest BCUT2D eigenvalue weighted by atomic mass is 10.2. The Labute approximate surface area is 133 Å². The number of halogens is 4. The first-order valence-electron chi connectivity index (χ1n) is 6.39. The van der Waals surface area contributed by atoms with Gasteiger partial charge in [0.2, 0.25) is 0 Å². The number of alkyl halides is 3. The minimum absolute atomic E-state index is 0.0664. The van der Waals surface area contributed by atoms with Gasteiger partial charge in [-0.2, -0.15) is 13.2 Å². The molecule has 0 aliphatic heterocycles. The number of nitrogens with zero attached hydrogens (tertiary/aromatic N) is 1. The largest absolute Gasteiger partial charge is 0.416 e. The molecule has 0 aliphatic carbocycles. The fourth-order valence-electron chi connectivity index (χ4n) is 1.79. The third-order valence-electron chi connectivity index (χ3n) is 2.96. The van der Waals surface area contributed by atoms with E-state index in [0.717, 1.165) is 23.6 Å². The highest BCUT2D eigenvalue weighted by Gasteiger charge is 2.30. The summed E-state index contributed by atoms with van der Waals surface area (Å²) in [4.78, 5) is 5.52. The number of anilines is 1. The Morgan fingerprint density at radius 3 is 2.62 bits per heavy atom. The molecule has 0 bridgehead atoms. The average Bonchev–Trinajstić information content (AvgIpc) is 2.88. The molecule has 1 heterocycles. The number of benzene rings is 1. The predicted molar refractivity (Wildman–Crippen MR) is 82.7 cm³/mol. The third kappa shape index (κ3) is 3.97. The van der Waals surface area contributed by atoms with E-state index in [1.165, 1.54) is 10.9 Å². The van der Waals surface area contributed by atoms with Crippen molar-refractivity contribution in [1.29, 1.82) is 0 Å². The van der Waals surface area contributed by atoms with Gasteiger partial charge in [0.05, 0.1) is 11.6 Å². The topological polar surface area (TPSA) is 24.9 Å². The zero-order chi connectivity index (χ0) is 15.6. The normalized spacial score (nSPS) is 13.2. The van der Waals surface area contributed by atoms with E-state index in [2.05, 4.69) is 33.2 Å². The van der Waals surface area contributed by atoms with Crippen LogP contribution in [0.3, 0.4) is 0 Å². The Bertz CT molecular complexity index is 625. The fraction of sp³-hybridized carbons (Fsp3) is 0.357. The second kappa shape index (κ2) is 6.36. The van der Waals surface area contributed by atoms with Crippen molar-refractivity contribution in [3.63, 3.8) is 0 Å². The standard InChI is InChI=1S/C14H14BrF3N2S/c1-3-10-7-19-13(21-10)8(2)20-12-5-4-9(6-11(12)15)14(16,17)18/h4-8,20H,3H2,1-2H3. The van der Waals surface area contributed by atoms with Crippen molar-refractivity contribution in [3.8, 4) is 0 Å². The highest BCUT2D eigenvalue weighted by atomic mass is 79.9. The zero-order valence-corrected chi connectivity index (χ0v) is 13.9. The molecule has 0 spiro atoms. The van der Waals surface area contributed by atoms with Crippen molar-refractivity contribution >= 4 is 33.0 Å². The van der Waals surface area contributed by atoms with Crippen molar-refractivity contribution in [2.24, 2.45) is 0 Å². The van der Waals surface area contributed by atoms with Crippen LogP contribution in [-0.2, 0) is 12.6 Å². The molecule has 1 N–H and O–H groups in total. The number of nitrogens with one attached hydrogen (secondary N) is 1. The van der Waals surface area contributed by atoms with Gasteiger partial charge in [0, 0.05) is 21.2 Å². The average molecular weight is 379 g/mol. The minimum atomic E-state index is -4.34. The summed E-state index contributed by atoms with van der Waals surface area (Å²) < 4.78 is 38.2. The Balaban J connectivity index is 2.16. The number of hydrogen-bond acceptors (Lipinski definition) is 3. The van der Waals surface area contributed by atoms with Crippen LogP contribution in [0.15, 0.2) is 28.9 Å². The Morgan fingerprint density at radius 2 is 2.10 bits per heavy atom. The quantitative estimate of drug-likeness (QED) is 0.742. The number of hydrogen-bond donors (Lipinski definition) is 1. The lowest BCUT2D eigenvalue weighted by molar-refractivity contribution is -0.137. The van der Waals surface area contributed by atoms with Crippen LogP contribution in [0, 0.1) is 0 Å². The van der Waals surface area contributed by atoms with Gasteiger partial charge in [-0.1, -0.05) is 6.92 Å². The van der Waals surface area contributed by atoms with E-state index in [-0.39, 0.29) is 6.04 Å². The summed E-state index contributed by atoms with van der Waals surface area (Å²) in [5.41, 5.74) is -0.0566. The van der Waals surface area contributed by atoms with Gasteiger partial charge in [0.1, 0.15) is 5.01 Å². The summed E-state index contributed by atoms with van der Waals surface area (Å²) in [5, 5.41) is 4.09. The van der Waals surface area contributed by atoms with Gasteiger partial charge < -0.3 is 5.32 Å². The van der Waals surface area contributed by atoms with Crippen LogP contribution in [0.4, 0.5) is 18.9 Å².